The highest BCUT2D eigenvalue weighted by atomic mass is 16.1. The van der Waals surface area contributed by atoms with Crippen molar-refractivity contribution < 1.29 is 4.79 Å². The summed E-state index contributed by atoms with van der Waals surface area (Å²) >= 11 is 0. The van der Waals surface area contributed by atoms with Gasteiger partial charge in [0.1, 0.15) is 5.69 Å². The molecule has 1 aromatic heterocycles. The fraction of sp³-hybridized carbons (Fsp3) is 0.0435. The quantitative estimate of drug-likeness (QED) is 0.564. The van der Waals surface area contributed by atoms with Crippen LogP contribution in [0.15, 0.2) is 91.1 Å². The maximum atomic E-state index is 12.6. The number of carbonyl (C=O) groups excluding carboxylic acids is 1. The Bertz CT molecular complexity index is 1040. The van der Waals surface area contributed by atoms with Gasteiger partial charge in [-0.05, 0) is 41.1 Å². The summed E-state index contributed by atoms with van der Waals surface area (Å²) in [6.07, 6.45) is 2.44. The van der Waals surface area contributed by atoms with Gasteiger partial charge in [-0.1, -0.05) is 66.7 Å². The Kier molecular flexibility index (Phi) is 4.44. The molecule has 0 spiro atoms. The van der Waals surface area contributed by atoms with E-state index in [1.165, 1.54) is 11.1 Å². The second-order valence-corrected chi connectivity index (χ2v) is 6.15. The number of amides is 1. The summed E-state index contributed by atoms with van der Waals surface area (Å²) < 4.78 is 0. The van der Waals surface area contributed by atoms with Crippen LogP contribution < -0.4 is 5.32 Å². The van der Waals surface area contributed by atoms with Crippen LogP contribution >= 0.6 is 0 Å². The minimum atomic E-state index is -0.201. The van der Waals surface area contributed by atoms with E-state index in [-0.39, 0.29) is 5.91 Å². The third-order valence-electron chi connectivity index (χ3n) is 4.37. The Morgan fingerprint density at radius 2 is 1.58 bits per heavy atom. The molecule has 0 radical (unpaired) electrons. The third-order valence-corrected chi connectivity index (χ3v) is 4.37. The van der Waals surface area contributed by atoms with Crippen molar-refractivity contribution in [3.8, 4) is 0 Å². The van der Waals surface area contributed by atoms with Crippen LogP contribution in [-0.2, 0) is 6.42 Å². The molecular weight excluding hydrogens is 320 g/mol. The molecule has 0 aliphatic rings. The highest BCUT2D eigenvalue weighted by Gasteiger charge is 2.11. The van der Waals surface area contributed by atoms with E-state index >= 15 is 0 Å². The number of hydrogen-bond acceptors (Lipinski definition) is 2. The molecule has 1 amide bonds. The van der Waals surface area contributed by atoms with Crippen molar-refractivity contribution >= 4 is 22.4 Å². The van der Waals surface area contributed by atoms with E-state index in [2.05, 4.69) is 46.7 Å². The Labute approximate surface area is 152 Å². The van der Waals surface area contributed by atoms with Crippen LogP contribution in [0.5, 0.6) is 0 Å². The number of benzene rings is 3. The SMILES string of the molecule is O=C(Nc1cccc2cccc(Cc3ccccc3)c12)c1ccccn1. The van der Waals surface area contributed by atoms with Gasteiger partial charge in [-0.3, -0.25) is 9.78 Å². The van der Waals surface area contributed by atoms with E-state index in [0.717, 1.165) is 22.9 Å². The van der Waals surface area contributed by atoms with E-state index in [0.29, 0.717) is 5.69 Å². The van der Waals surface area contributed by atoms with Gasteiger partial charge in [0.2, 0.25) is 0 Å². The van der Waals surface area contributed by atoms with Gasteiger partial charge in [0.15, 0.2) is 0 Å². The van der Waals surface area contributed by atoms with Crippen molar-refractivity contribution in [1.82, 2.24) is 4.98 Å². The van der Waals surface area contributed by atoms with E-state index in [1.54, 1.807) is 18.3 Å². The van der Waals surface area contributed by atoms with Crippen molar-refractivity contribution in [2.24, 2.45) is 0 Å². The van der Waals surface area contributed by atoms with Crippen LogP contribution in [0.4, 0.5) is 5.69 Å². The van der Waals surface area contributed by atoms with Crippen molar-refractivity contribution in [2.45, 2.75) is 6.42 Å². The Morgan fingerprint density at radius 3 is 2.35 bits per heavy atom. The number of hydrogen-bond donors (Lipinski definition) is 1. The smallest absolute Gasteiger partial charge is 0.274 e. The lowest BCUT2D eigenvalue weighted by molar-refractivity contribution is 0.102. The molecule has 3 nitrogen and oxygen atoms in total. The van der Waals surface area contributed by atoms with Crippen LogP contribution in [0.1, 0.15) is 21.6 Å². The third kappa shape index (κ3) is 3.33. The molecule has 0 aliphatic carbocycles. The topological polar surface area (TPSA) is 42.0 Å². The normalized spacial score (nSPS) is 10.6. The van der Waals surface area contributed by atoms with Crippen molar-refractivity contribution in [2.75, 3.05) is 5.32 Å². The number of carbonyl (C=O) groups is 1. The van der Waals surface area contributed by atoms with Gasteiger partial charge in [0, 0.05) is 17.3 Å². The molecule has 4 rings (SSSR count). The van der Waals surface area contributed by atoms with Gasteiger partial charge in [-0.25, -0.2) is 0 Å². The second kappa shape index (κ2) is 7.19. The summed E-state index contributed by atoms with van der Waals surface area (Å²) in [5.41, 5.74) is 3.64. The molecule has 1 heterocycles. The number of fused-ring (bicyclic) bond motifs is 1. The Morgan fingerprint density at radius 1 is 0.808 bits per heavy atom. The molecule has 0 aliphatic heterocycles. The monoisotopic (exact) mass is 338 g/mol. The molecule has 126 valence electrons. The van der Waals surface area contributed by atoms with E-state index in [9.17, 15) is 4.79 Å². The highest BCUT2D eigenvalue weighted by molar-refractivity contribution is 6.09. The minimum absolute atomic E-state index is 0.201. The lowest BCUT2D eigenvalue weighted by atomic mass is 9.97. The first-order valence-corrected chi connectivity index (χ1v) is 8.58. The van der Waals surface area contributed by atoms with E-state index in [4.69, 9.17) is 0 Å². The first-order chi connectivity index (χ1) is 12.8. The van der Waals surface area contributed by atoms with Crippen LogP contribution in [-0.4, -0.2) is 10.9 Å². The fourth-order valence-corrected chi connectivity index (χ4v) is 3.17. The number of pyridine rings is 1. The van der Waals surface area contributed by atoms with Crippen molar-refractivity contribution in [3.05, 3.63) is 108 Å². The molecule has 0 bridgehead atoms. The zero-order valence-corrected chi connectivity index (χ0v) is 14.2. The molecule has 26 heavy (non-hydrogen) atoms. The van der Waals surface area contributed by atoms with Crippen LogP contribution in [0.3, 0.4) is 0 Å². The zero-order chi connectivity index (χ0) is 17.8. The lowest BCUT2D eigenvalue weighted by Gasteiger charge is -2.13. The summed E-state index contributed by atoms with van der Waals surface area (Å²) in [7, 11) is 0. The molecule has 4 aromatic rings. The standard InChI is InChI=1S/C23H18N2O/c26-23(21-13-4-5-15-24-21)25-20-14-7-11-18-10-6-12-19(22(18)20)16-17-8-2-1-3-9-17/h1-15H,16H2,(H,25,26). The van der Waals surface area contributed by atoms with E-state index < -0.39 is 0 Å². The number of aromatic nitrogens is 1. The molecular formula is C23H18N2O. The van der Waals surface area contributed by atoms with Gasteiger partial charge >= 0.3 is 0 Å². The molecule has 0 atom stereocenters. The average Bonchev–Trinajstić information content (AvgIpc) is 2.70. The average molecular weight is 338 g/mol. The summed E-state index contributed by atoms with van der Waals surface area (Å²) in [4.78, 5) is 16.7. The maximum Gasteiger partial charge on any atom is 0.274 e. The highest BCUT2D eigenvalue weighted by Crippen LogP contribution is 2.29. The summed E-state index contributed by atoms with van der Waals surface area (Å²) in [6, 6.07) is 27.9. The maximum absolute atomic E-state index is 12.6. The second-order valence-electron chi connectivity index (χ2n) is 6.15. The van der Waals surface area contributed by atoms with Crippen molar-refractivity contribution in [3.63, 3.8) is 0 Å². The number of nitrogens with zero attached hydrogens (tertiary/aromatic N) is 1. The Hall–Kier alpha value is -3.46. The summed E-state index contributed by atoms with van der Waals surface area (Å²) in [5.74, 6) is -0.201. The molecule has 0 saturated carbocycles. The Balaban J connectivity index is 1.74. The van der Waals surface area contributed by atoms with Gasteiger partial charge in [-0.2, -0.15) is 0 Å². The predicted molar refractivity (Wildman–Crippen MR) is 105 cm³/mol. The van der Waals surface area contributed by atoms with Crippen LogP contribution in [0, 0.1) is 0 Å². The number of anilines is 1. The minimum Gasteiger partial charge on any atom is -0.320 e. The van der Waals surface area contributed by atoms with Gasteiger partial charge < -0.3 is 5.32 Å². The van der Waals surface area contributed by atoms with E-state index in [1.807, 2.05) is 36.4 Å². The molecule has 1 N–H and O–H groups in total. The largest absolute Gasteiger partial charge is 0.320 e. The lowest BCUT2D eigenvalue weighted by Crippen LogP contribution is -2.13. The van der Waals surface area contributed by atoms with Gasteiger partial charge in [0.05, 0.1) is 0 Å². The first-order valence-electron chi connectivity index (χ1n) is 8.58. The zero-order valence-electron chi connectivity index (χ0n) is 14.2. The van der Waals surface area contributed by atoms with Crippen LogP contribution in [0.25, 0.3) is 10.8 Å². The summed E-state index contributed by atoms with van der Waals surface area (Å²) in [5, 5.41) is 5.21. The molecule has 0 saturated heterocycles. The summed E-state index contributed by atoms with van der Waals surface area (Å²) in [6.45, 7) is 0. The molecule has 3 aromatic carbocycles. The van der Waals surface area contributed by atoms with Gasteiger partial charge in [-0.15, -0.1) is 0 Å². The predicted octanol–water partition coefficient (Wildman–Crippen LogP) is 5.08. The van der Waals surface area contributed by atoms with Crippen LogP contribution in [0.2, 0.25) is 0 Å². The fourth-order valence-electron chi connectivity index (χ4n) is 3.17. The number of nitrogens with one attached hydrogen (secondary N) is 1. The molecule has 3 heteroatoms. The molecule has 0 unspecified atom stereocenters. The molecule has 0 fully saturated rings. The van der Waals surface area contributed by atoms with Gasteiger partial charge in [0.25, 0.3) is 5.91 Å². The van der Waals surface area contributed by atoms with Crippen molar-refractivity contribution in [1.29, 1.82) is 0 Å². The number of rotatable bonds is 4. The first kappa shape index (κ1) is 16.0.